The van der Waals surface area contributed by atoms with Gasteiger partial charge in [-0.05, 0) is 33.6 Å². The molecule has 0 amide bonds. The van der Waals surface area contributed by atoms with Crippen LogP contribution in [0.15, 0.2) is 12.2 Å². The van der Waals surface area contributed by atoms with Gasteiger partial charge in [-0.2, -0.15) is 0 Å². The van der Waals surface area contributed by atoms with Crippen molar-refractivity contribution >= 4 is 8.80 Å². The minimum Gasteiger partial charge on any atom is -0.373 e. The van der Waals surface area contributed by atoms with Crippen LogP contribution >= 0.6 is 0 Å². The van der Waals surface area contributed by atoms with Crippen LogP contribution in [0, 0.1) is 0 Å². The lowest BCUT2D eigenvalue weighted by Gasteiger charge is -2.32. The van der Waals surface area contributed by atoms with Gasteiger partial charge in [-0.15, -0.1) is 0 Å². The van der Waals surface area contributed by atoms with Crippen molar-refractivity contribution in [2.24, 2.45) is 0 Å². The number of hydrogen-bond acceptors (Lipinski definition) is 3. The van der Waals surface area contributed by atoms with E-state index >= 15 is 0 Å². The van der Waals surface area contributed by atoms with Gasteiger partial charge in [0.05, 0.1) is 0 Å². The highest BCUT2D eigenvalue weighted by Gasteiger charge is 2.48. The second-order valence-corrected chi connectivity index (χ2v) is 6.33. The van der Waals surface area contributed by atoms with Crippen LogP contribution in [-0.2, 0) is 13.3 Å². The number of rotatable bonds is 7. The topological polar surface area (TPSA) is 27.7 Å². The molecule has 0 aromatic carbocycles. The van der Waals surface area contributed by atoms with Crippen LogP contribution in [0.4, 0.5) is 0 Å². The van der Waals surface area contributed by atoms with Gasteiger partial charge in [0, 0.05) is 25.4 Å². The Morgan fingerprint density at radius 3 is 1.93 bits per heavy atom. The van der Waals surface area contributed by atoms with E-state index in [0.717, 1.165) is 12.8 Å². The molecule has 0 radical (unpaired) electrons. The van der Waals surface area contributed by atoms with Crippen LogP contribution in [-0.4, -0.2) is 28.6 Å². The van der Waals surface area contributed by atoms with Gasteiger partial charge >= 0.3 is 8.80 Å². The summed E-state index contributed by atoms with van der Waals surface area (Å²) in [5.41, 5.74) is 0.359. The predicted molar refractivity (Wildman–Crippen MR) is 62.8 cm³/mol. The third-order valence-electron chi connectivity index (χ3n) is 2.50. The first-order chi connectivity index (χ1) is 7.29. The Bertz CT molecular complexity index is 189. The smallest absolute Gasteiger partial charge is 0.373 e. The van der Waals surface area contributed by atoms with Gasteiger partial charge in [-0.3, -0.25) is 0 Å². The van der Waals surface area contributed by atoms with Crippen molar-refractivity contribution in [3.8, 4) is 0 Å². The van der Waals surface area contributed by atoms with Crippen molar-refractivity contribution in [3.63, 3.8) is 0 Å². The summed E-state index contributed by atoms with van der Waals surface area (Å²) in [4.78, 5) is 0. The molecular formula is C11H22O3Si. The van der Waals surface area contributed by atoms with Crippen LogP contribution in [0.25, 0.3) is 0 Å². The summed E-state index contributed by atoms with van der Waals surface area (Å²) in [5, 5.41) is 0. The fourth-order valence-corrected chi connectivity index (χ4v) is 4.97. The molecule has 1 aliphatic carbocycles. The van der Waals surface area contributed by atoms with Crippen molar-refractivity contribution in [1.29, 1.82) is 0 Å². The Balaban J connectivity index is 2.73. The van der Waals surface area contributed by atoms with Gasteiger partial charge in [-0.1, -0.05) is 12.2 Å². The minimum absolute atomic E-state index is 0.359. The molecule has 0 N–H and O–H groups in total. The number of hydrogen-bond donors (Lipinski definition) is 0. The maximum atomic E-state index is 5.84. The highest BCUT2D eigenvalue weighted by atomic mass is 28.4. The highest BCUT2D eigenvalue weighted by Crippen LogP contribution is 2.35. The molecule has 0 aliphatic heterocycles. The lowest BCUT2D eigenvalue weighted by Crippen LogP contribution is -2.49. The Morgan fingerprint density at radius 1 is 1.07 bits per heavy atom. The van der Waals surface area contributed by atoms with Crippen LogP contribution in [0.1, 0.15) is 33.6 Å². The summed E-state index contributed by atoms with van der Waals surface area (Å²) in [6.07, 6.45) is 6.62. The van der Waals surface area contributed by atoms with Gasteiger partial charge in [0.2, 0.25) is 0 Å². The summed E-state index contributed by atoms with van der Waals surface area (Å²) < 4.78 is 17.5. The summed E-state index contributed by atoms with van der Waals surface area (Å²) in [6, 6.07) is 0. The van der Waals surface area contributed by atoms with E-state index in [1.807, 2.05) is 20.8 Å². The van der Waals surface area contributed by atoms with Crippen molar-refractivity contribution < 1.29 is 13.3 Å². The zero-order valence-corrected chi connectivity index (χ0v) is 11.0. The molecular weight excluding hydrogens is 208 g/mol. The molecule has 0 fully saturated rings. The van der Waals surface area contributed by atoms with E-state index in [-0.39, 0.29) is 0 Å². The lowest BCUT2D eigenvalue weighted by molar-refractivity contribution is 0.0651. The van der Waals surface area contributed by atoms with Crippen LogP contribution in [0.2, 0.25) is 5.54 Å². The first-order valence-electron chi connectivity index (χ1n) is 5.87. The molecule has 1 aliphatic rings. The quantitative estimate of drug-likeness (QED) is 0.497. The van der Waals surface area contributed by atoms with Gasteiger partial charge in [0.1, 0.15) is 0 Å². The van der Waals surface area contributed by atoms with Gasteiger partial charge < -0.3 is 13.3 Å². The van der Waals surface area contributed by atoms with Crippen molar-refractivity contribution in [2.75, 3.05) is 19.8 Å². The first kappa shape index (κ1) is 12.9. The molecule has 0 bridgehead atoms. The Kier molecular flexibility index (Phi) is 5.53. The monoisotopic (exact) mass is 230 g/mol. The first-order valence-corrected chi connectivity index (χ1v) is 7.67. The zero-order valence-electron chi connectivity index (χ0n) is 9.99. The van der Waals surface area contributed by atoms with E-state index in [0.29, 0.717) is 25.4 Å². The lowest BCUT2D eigenvalue weighted by atomic mass is 10.4. The molecule has 0 heterocycles. The molecule has 15 heavy (non-hydrogen) atoms. The predicted octanol–water partition coefficient (Wildman–Crippen LogP) is 2.76. The second-order valence-electron chi connectivity index (χ2n) is 3.51. The average molecular weight is 230 g/mol. The molecule has 0 spiro atoms. The number of allylic oxidation sites excluding steroid dienone is 2. The summed E-state index contributed by atoms with van der Waals surface area (Å²) in [5.74, 6) is 0. The van der Waals surface area contributed by atoms with E-state index in [2.05, 4.69) is 12.2 Å². The van der Waals surface area contributed by atoms with Crippen LogP contribution in [0.3, 0.4) is 0 Å². The Hall–Kier alpha value is -0.163. The minimum atomic E-state index is -2.45. The van der Waals surface area contributed by atoms with E-state index in [1.54, 1.807) is 0 Å². The summed E-state index contributed by atoms with van der Waals surface area (Å²) >= 11 is 0. The SMILES string of the molecule is CCO[Si](OCC)(OCC)C1C=CCC1. The maximum absolute atomic E-state index is 5.84. The third-order valence-corrected chi connectivity index (χ3v) is 5.97. The fourth-order valence-electron chi connectivity index (χ4n) is 1.98. The normalized spacial score (nSPS) is 21.1. The fraction of sp³-hybridized carbons (Fsp3) is 0.818. The molecule has 0 saturated carbocycles. The molecule has 1 unspecified atom stereocenters. The van der Waals surface area contributed by atoms with Gasteiger partial charge in [0.15, 0.2) is 0 Å². The van der Waals surface area contributed by atoms with E-state index < -0.39 is 8.80 Å². The van der Waals surface area contributed by atoms with E-state index in [9.17, 15) is 0 Å². The standard InChI is InChI=1S/C11H22O3Si/c1-4-12-15(13-5-2,14-6-3)11-9-7-8-10-11/h7,9,11H,4-6,8,10H2,1-3H3. The van der Waals surface area contributed by atoms with Crippen molar-refractivity contribution in [3.05, 3.63) is 12.2 Å². The molecule has 0 saturated heterocycles. The van der Waals surface area contributed by atoms with Crippen molar-refractivity contribution in [2.45, 2.75) is 39.2 Å². The van der Waals surface area contributed by atoms with Gasteiger partial charge in [0.25, 0.3) is 0 Å². The molecule has 88 valence electrons. The van der Waals surface area contributed by atoms with E-state index in [1.165, 1.54) is 0 Å². The second kappa shape index (κ2) is 6.43. The summed E-state index contributed by atoms with van der Waals surface area (Å²) in [6.45, 7) is 7.99. The zero-order chi connectivity index (χ0) is 11.1. The van der Waals surface area contributed by atoms with Crippen LogP contribution < -0.4 is 0 Å². The molecule has 1 rings (SSSR count). The molecule has 0 aromatic heterocycles. The van der Waals surface area contributed by atoms with Crippen LogP contribution in [0.5, 0.6) is 0 Å². The Morgan fingerprint density at radius 2 is 1.60 bits per heavy atom. The van der Waals surface area contributed by atoms with E-state index in [4.69, 9.17) is 13.3 Å². The average Bonchev–Trinajstić information content (AvgIpc) is 2.72. The third kappa shape index (κ3) is 3.14. The molecule has 4 heteroatoms. The highest BCUT2D eigenvalue weighted by molar-refractivity contribution is 6.63. The Labute approximate surface area is 93.8 Å². The summed E-state index contributed by atoms with van der Waals surface area (Å²) in [7, 11) is -2.45. The molecule has 0 aromatic rings. The maximum Gasteiger partial charge on any atom is 0.508 e. The largest absolute Gasteiger partial charge is 0.508 e. The molecule has 3 nitrogen and oxygen atoms in total. The van der Waals surface area contributed by atoms with Gasteiger partial charge in [-0.25, -0.2) is 0 Å². The molecule has 1 atom stereocenters. The van der Waals surface area contributed by atoms with Crippen molar-refractivity contribution in [1.82, 2.24) is 0 Å².